The molecule has 1 heterocycles. The fourth-order valence-corrected chi connectivity index (χ4v) is 4.73. The van der Waals surface area contributed by atoms with E-state index in [4.69, 9.17) is 0 Å². The molecule has 0 radical (unpaired) electrons. The van der Waals surface area contributed by atoms with E-state index < -0.39 is 5.25 Å². The highest BCUT2D eigenvalue weighted by molar-refractivity contribution is 8.00. The minimum atomic E-state index is -0.413. The van der Waals surface area contributed by atoms with E-state index >= 15 is 0 Å². The van der Waals surface area contributed by atoms with Crippen LogP contribution < -0.4 is 5.32 Å². The maximum atomic E-state index is 13.0. The van der Waals surface area contributed by atoms with Gasteiger partial charge in [-0.25, -0.2) is 0 Å². The van der Waals surface area contributed by atoms with Gasteiger partial charge < -0.3 is 10.2 Å². The van der Waals surface area contributed by atoms with Crippen molar-refractivity contribution in [3.63, 3.8) is 0 Å². The summed E-state index contributed by atoms with van der Waals surface area (Å²) < 4.78 is 2.06. The molecule has 2 aromatic carbocycles. The van der Waals surface area contributed by atoms with Gasteiger partial charge in [0.05, 0.1) is 11.8 Å². The van der Waals surface area contributed by atoms with Crippen LogP contribution in [0.15, 0.2) is 59.8 Å². The number of thioether (sulfide) groups is 1. The number of nitrogens with one attached hydrogen (secondary N) is 1. The van der Waals surface area contributed by atoms with Gasteiger partial charge in [-0.2, -0.15) is 0 Å². The molecular formula is C25H29N5O2S. The van der Waals surface area contributed by atoms with Crippen LogP contribution in [0.4, 0.5) is 5.69 Å². The lowest BCUT2D eigenvalue weighted by Gasteiger charge is -2.21. The second-order valence-corrected chi connectivity index (χ2v) is 9.61. The maximum absolute atomic E-state index is 13.0. The third-order valence-electron chi connectivity index (χ3n) is 5.67. The first-order chi connectivity index (χ1) is 16.0. The molecule has 7 nitrogen and oxygen atoms in total. The van der Waals surface area contributed by atoms with Crippen LogP contribution in [-0.4, -0.2) is 50.3 Å². The molecule has 1 atom stereocenters. The number of likely N-dealkylation sites (N-methyl/N-ethyl adjacent to an activating group) is 1. The van der Waals surface area contributed by atoms with Crippen LogP contribution >= 0.6 is 11.8 Å². The zero-order valence-corrected chi connectivity index (χ0v) is 20.0. The van der Waals surface area contributed by atoms with Crippen LogP contribution in [0, 0.1) is 0 Å². The van der Waals surface area contributed by atoms with E-state index in [0.29, 0.717) is 11.1 Å². The molecule has 0 spiro atoms. The minimum Gasteiger partial charge on any atom is -0.335 e. The van der Waals surface area contributed by atoms with Gasteiger partial charge in [0.25, 0.3) is 0 Å². The van der Waals surface area contributed by atoms with E-state index in [-0.39, 0.29) is 18.4 Å². The molecule has 33 heavy (non-hydrogen) atoms. The van der Waals surface area contributed by atoms with Crippen molar-refractivity contribution >= 4 is 29.3 Å². The number of benzene rings is 2. The van der Waals surface area contributed by atoms with Crippen molar-refractivity contribution in [1.82, 2.24) is 19.7 Å². The number of aromatic nitrogens is 3. The predicted octanol–water partition coefficient (Wildman–Crippen LogP) is 4.28. The second kappa shape index (κ2) is 10.2. The summed E-state index contributed by atoms with van der Waals surface area (Å²) in [6.07, 6.45) is 3.05. The van der Waals surface area contributed by atoms with E-state index in [1.54, 1.807) is 7.05 Å². The molecule has 1 aromatic heterocycles. The smallest absolute Gasteiger partial charge is 0.243 e. The Morgan fingerprint density at radius 3 is 2.52 bits per heavy atom. The molecule has 0 saturated heterocycles. The summed E-state index contributed by atoms with van der Waals surface area (Å²) in [4.78, 5) is 27.1. The van der Waals surface area contributed by atoms with Gasteiger partial charge in [0, 0.05) is 24.3 Å². The molecule has 1 N–H and O–H groups in total. The number of hydrogen-bond acceptors (Lipinski definition) is 5. The number of para-hydroxylation sites is 2. The monoisotopic (exact) mass is 463 g/mol. The van der Waals surface area contributed by atoms with Crippen molar-refractivity contribution in [2.75, 3.05) is 18.9 Å². The Labute approximate surface area is 198 Å². The molecule has 1 saturated carbocycles. The molecule has 1 unspecified atom stereocenters. The molecular weight excluding hydrogens is 434 g/mol. The highest BCUT2D eigenvalue weighted by atomic mass is 32.2. The summed E-state index contributed by atoms with van der Waals surface area (Å²) in [7, 11) is 1.66. The van der Waals surface area contributed by atoms with Gasteiger partial charge in [-0.05, 0) is 49.9 Å². The first-order valence-corrected chi connectivity index (χ1v) is 12.2. The number of aryl methyl sites for hydroxylation is 1. The topological polar surface area (TPSA) is 80.1 Å². The van der Waals surface area contributed by atoms with Gasteiger partial charge in [-0.1, -0.05) is 55.1 Å². The van der Waals surface area contributed by atoms with Crippen molar-refractivity contribution in [3.05, 3.63) is 66.0 Å². The molecule has 3 aromatic rings. The van der Waals surface area contributed by atoms with E-state index in [1.165, 1.54) is 16.7 Å². The molecule has 1 aliphatic rings. The molecule has 8 heteroatoms. The lowest BCUT2D eigenvalue weighted by atomic mass is 10.1. The summed E-state index contributed by atoms with van der Waals surface area (Å²) in [6, 6.07) is 17.7. The zero-order chi connectivity index (χ0) is 23.4. The molecule has 0 aliphatic heterocycles. The Bertz CT molecular complexity index is 1130. The third kappa shape index (κ3) is 5.45. The lowest BCUT2D eigenvalue weighted by molar-refractivity contribution is -0.132. The number of carbonyl (C=O) groups excluding carboxylic acids is 2. The standard InChI is InChI=1S/C25H29N5O2S/c1-4-18-10-8-9-13-21(18)26-22(31)16-29(3)24(32)17(2)33-25-28-27-23(19-14-15-19)30(25)20-11-6-5-7-12-20/h5-13,17,19H,4,14-16H2,1-3H3,(H,26,31). The largest absolute Gasteiger partial charge is 0.335 e. The van der Waals surface area contributed by atoms with Crippen molar-refractivity contribution in [3.8, 4) is 5.69 Å². The van der Waals surface area contributed by atoms with Gasteiger partial charge in [-0.15, -0.1) is 10.2 Å². The van der Waals surface area contributed by atoms with Crippen molar-refractivity contribution in [2.45, 2.75) is 49.4 Å². The van der Waals surface area contributed by atoms with E-state index in [2.05, 4.69) is 20.1 Å². The maximum Gasteiger partial charge on any atom is 0.243 e. The van der Waals surface area contributed by atoms with Crippen molar-refractivity contribution in [2.24, 2.45) is 0 Å². The van der Waals surface area contributed by atoms with Gasteiger partial charge >= 0.3 is 0 Å². The lowest BCUT2D eigenvalue weighted by Crippen LogP contribution is -2.39. The van der Waals surface area contributed by atoms with Crippen molar-refractivity contribution in [1.29, 1.82) is 0 Å². The zero-order valence-electron chi connectivity index (χ0n) is 19.2. The highest BCUT2D eigenvalue weighted by Crippen LogP contribution is 2.41. The third-order valence-corrected chi connectivity index (χ3v) is 6.70. The summed E-state index contributed by atoms with van der Waals surface area (Å²) in [6.45, 7) is 3.87. The number of amides is 2. The number of nitrogens with zero attached hydrogens (tertiary/aromatic N) is 4. The molecule has 1 fully saturated rings. The summed E-state index contributed by atoms with van der Waals surface area (Å²) >= 11 is 1.37. The second-order valence-electron chi connectivity index (χ2n) is 8.30. The number of carbonyl (C=O) groups is 2. The summed E-state index contributed by atoms with van der Waals surface area (Å²) in [5.41, 5.74) is 2.85. The Morgan fingerprint density at radius 2 is 1.82 bits per heavy atom. The summed E-state index contributed by atoms with van der Waals surface area (Å²) in [5, 5.41) is 12.0. The quantitative estimate of drug-likeness (QED) is 0.479. The Balaban J connectivity index is 1.42. The van der Waals surface area contributed by atoms with E-state index in [1.807, 2.05) is 68.4 Å². The van der Waals surface area contributed by atoms with Crippen LogP contribution in [0.1, 0.15) is 44.0 Å². The predicted molar refractivity (Wildman–Crippen MR) is 131 cm³/mol. The van der Waals surface area contributed by atoms with E-state index in [9.17, 15) is 9.59 Å². The Morgan fingerprint density at radius 1 is 1.12 bits per heavy atom. The van der Waals surface area contributed by atoms with Crippen LogP contribution in [0.3, 0.4) is 0 Å². The Hall–Kier alpha value is -3.13. The van der Waals surface area contributed by atoms with Gasteiger partial charge in [0.2, 0.25) is 11.8 Å². The highest BCUT2D eigenvalue weighted by Gasteiger charge is 2.32. The van der Waals surface area contributed by atoms with Gasteiger partial charge in [0.15, 0.2) is 5.16 Å². The van der Waals surface area contributed by atoms with Crippen LogP contribution in [0.25, 0.3) is 5.69 Å². The average molecular weight is 464 g/mol. The van der Waals surface area contributed by atoms with Crippen LogP contribution in [0.2, 0.25) is 0 Å². The fourth-order valence-electron chi connectivity index (χ4n) is 3.74. The van der Waals surface area contributed by atoms with Crippen LogP contribution in [-0.2, 0) is 16.0 Å². The minimum absolute atomic E-state index is 0.0134. The normalized spacial score (nSPS) is 14.0. The van der Waals surface area contributed by atoms with Crippen molar-refractivity contribution < 1.29 is 9.59 Å². The first kappa shape index (κ1) is 23.0. The van der Waals surface area contributed by atoms with Gasteiger partial charge in [-0.3, -0.25) is 14.2 Å². The van der Waals surface area contributed by atoms with E-state index in [0.717, 1.165) is 42.0 Å². The fraction of sp³-hybridized carbons (Fsp3) is 0.360. The molecule has 2 amide bonds. The Kier molecular flexibility index (Phi) is 7.13. The molecule has 0 bridgehead atoms. The average Bonchev–Trinajstić information content (AvgIpc) is 3.59. The summed E-state index contributed by atoms with van der Waals surface area (Å²) in [5.74, 6) is 1.03. The molecule has 4 rings (SSSR count). The SMILES string of the molecule is CCc1ccccc1NC(=O)CN(C)C(=O)C(C)Sc1nnc(C2CC2)n1-c1ccccc1. The number of rotatable bonds is 9. The van der Waals surface area contributed by atoms with Crippen LogP contribution in [0.5, 0.6) is 0 Å². The number of hydrogen-bond donors (Lipinski definition) is 1. The first-order valence-electron chi connectivity index (χ1n) is 11.3. The molecule has 172 valence electrons. The number of anilines is 1. The molecule has 1 aliphatic carbocycles. The van der Waals surface area contributed by atoms with Gasteiger partial charge in [0.1, 0.15) is 5.82 Å².